The fourth-order valence-electron chi connectivity index (χ4n) is 2.21. The second-order valence-corrected chi connectivity index (χ2v) is 4.62. The third-order valence-electron chi connectivity index (χ3n) is 3.19. The predicted molar refractivity (Wildman–Crippen MR) is 74.9 cm³/mol. The zero-order valence-corrected chi connectivity index (χ0v) is 12.2. The Balaban J connectivity index is 2.46. The SMILES string of the molecule is CCOCCCC(Cc1cc(C)nn1CC)NC. The number of rotatable bonds is 9. The zero-order chi connectivity index (χ0) is 13.4. The standard InChI is InChI=1S/C14H27N3O/c1-5-17-14(10-12(3)16-17)11-13(15-4)8-7-9-18-6-2/h10,13,15H,5-9,11H2,1-4H3. The van der Waals surface area contributed by atoms with Crippen LogP contribution in [-0.2, 0) is 17.7 Å². The van der Waals surface area contributed by atoms with E-state index in [1.165, 1.54) is 5.69 Å². The number of aromatic nitrogens is 2. The molecule has 1 aromatic rings. The summed E-state index contributed by atoms with van der Waals surface area (Å²) in [6, 6.07) is 2.70. The molecule has 1 N–H and O–H groups in total. The molecule has 1 atom stereocenters. The van der Waals surface area contributed by atoms with E-state index >= 15 is 0 Å². The van der Waals surface area contributed by atoms with E-state index in [0.717, 1.165) is 44.7 Å². The van der Waals surface area contributed by atoms with Crippen LogP contribution in [0.2, 0.25) is 0 Å². The molecule has 1 heterocycles. The van der Waals surface area contributed by atoms with Crippen molar-refractivity contribution in [3.63, 3.8) is 0 Å². The summed E-state index contributed by atoms with van der Waals surface area (Å²) in [4.78, 5) is 0. The maximum atomic E-state index is 5.38. The number of ether oxygens (including phenoxy) is 1. The molecule has 18 heavy (non-hydrogen) atoms. The Morgan fingerprint density at radius 2 is 2.22 bits per heavy atom. The van der Waals surface area contributed by atoms with Gasteiger partial charge in [-0.25, -0.2) is 0 Å². The molecule has 0 amide bonds. The van der Waals surface area contributed by atoms with Crippen LogP contribution in [-0.4, -0.2) is 36.1 Å². The van der Waals surface area contributed by atoms with E-state index in [1.807, 2.05) is 14.0 Å². The molecular weight excluding hydrogens is 226 g/mol. The van der Waals surface area contributed by atoms with Crippen LogP contribution in [0.15, 0.2) is 6.07 Å². The molecule has 1 aromatic heterocycles. The maximum absolute atomic E-state index is 5.38. The molecule has 1 rings (SSSR count). The van der Waals surface area contributed by atoms with Crippen LogP contribution in [0.3, 0.4) is 0 Å². The third-order valence-corrected chi connectivity index (χ3v) is 3.19. The van der Waals surface area contributed by atoms with Crippen molar-refractivity contribution in [1.29, 1.82) is 0 Å². The summed E-state index contributed by atoms with van der Waals surface area (Å²) in [6.07, 6.45) is 3.29. The fraction of sp³-hybridized carbons (Fsp3) is 0.786. The van der Waals surface area contributed by atoms with E-state index in [4.69, 9.17) is 4.74 Å². The molecular formula is C14H27N3O. The molecule has 4 heteroatoms. The average molecular weight is 253 g/mol. The molecule has 0 spiro atoms. The Kier molecular flexibility index (Phi) is 6.98. The number of hydrogen-bond acceptors (Lipinski definition) is 3. The lowest BCUT2D eigenvalue weighted by atomic mass is 10.1. The number of nitrogens with zero attached hydrogens (tertiary/aromatic N) is 2. The van der Waals surface area contributed by atoms with Gasteiger partial charge in [0.1, 0.15) is 0 Å². The van der Waals surface area contributed by atoms with Crippen LogP contribution in [0.25, 0.3) is 0 Å². The lowest BCUT2D eigenvalue weighted by molar-refractivity contribution is 0.141. The number of hydrogen-bond donors (Lipinski definition) is 1. The Morgan fingerprint density at radius 3 is 2.83 bits per heavy atom. The highest BCUT2D eigenvalue weighted by Gasteiger charge is 2.11. The minimum absolute atomic E-state index is 0.506. The summed E-state index contributed by atoms with van der Waals surface area (Å²) < 4.78 is 7.48. The number of nitrogens with one attached hydrogen (secondary N) is 1. The first kappa shape index (κ1) is 15.2. The van der Waals surface area contributed by atoms with Crippen molar-refractivity contribution in [3.8, 4) is 0 Å². The van der Waals surface area contributed by atoms with Crippen LogP contribution in [0.4, 0.5) is 0 Å². The van der Waals surface area contributed by atoms with Crippen molar-refractivity contribution >= 4 is 0 Å². The van der Waals surface area contributed by atoms with Gasteiger partial charge in [0.15, 0.2) is 0 Å². The maximum Gasteiger partial charge on any atom is 0.0596 e. The molecule has 104 valence electrons. The van der Waals surface area contributed by atoms with Crippen LogP contribution in [0.1, 0.15) is 38.1 Å². The summed E-state index contributed by atoms with van der Waals surface area (Å²) >= 11 is 0. The Morgan fingerprint density at radius 1 is 1.44 bits per heavy atom. The van der Waals surface area contributed by atoms with E-state index in [0.29, 0.717) is 6.04 Å². The first-order valence-electron chi connectivity index (χ1n) is 6.99. The third kappa shape index (κ3) is 4.78. The largest absolute Gasteiger partial charge is 0.382 e. The summed E-state index contributed by atoms with van der Waals surface area (Å²) in [5, 5.41) is 7.88. The lowest BCUT2D eigenvalue weighted by Gasteiger charge is -2.16. The summed E-state index contributed by atoms with van der Waals surface area (Å²) in [5.41, 5.74) is 2.43. The van der Waals surface area contributed by atoms with E-state index in [9.17, 15) is 0 Å². The number of likely N-dealkylation sites (N-methyl/N-ethyl adjacent to an activating group) is 1. The monoisotopic (exact) mass is 253 g/mol. The van der Waals surface area contributed by atoms with Crippen molar-refractivity contribution in [2.45, 2.75) is 52.6 Å². The first-order chi connectivity index (χ1) is 8.71. The zero-order valence-electron chi connectivity index (χ0n) is 12.2. The molecule has 0 aromatic carbocycles. The van der Waals surface area contributed by atoms with Gasteiger partial charge in [0, 0.05) is 37.9 Å². The topological polar surface area (TPSA) is 39.1 Å². The molecule has 0 bridgehead atoms. The van der Waals surface area contributed by atoms with E-state index in [1.54, 1.807) is 0 Å². The fourth-order valence-corrected chi connectivity index (χ4v) is 2.21. The molecule has 4 nitrogen and oxygen atoms in total. The number of aryl methyl sites for hydroxylation is 2. The van der Waals surface area contributed by atoms with E-state index in [2.05, 4.69) is 35.0 Å². The first-order valence-corrected chi connectivity index (χ1v) is 6.99. The van der Waals surface area contributed by atoms with Gasteiger partial charge in [0.05, 0.1) is 5.69 Å². The van der Waals surface area contributed by atoms with E-state index in [-0.39, 0.29) is 0 Å². The van der Waals surface area contributed by atoms with Crippen LogP contribution >= 0.6 is 0 Å². The van der Waals surface area contributed by atoms with Crippen molar-refractivity contribution < 1.29 is 4.74 Å². The highest BCUT2D eigenvalue weighted by molar-refractivity contribution is 5.10. The Bertz CT molecular complexity index is 336. The van der Waals surface area contributed by atoms with Crippen LogP contribution in [0.5, 0.6) is 0 Å². The smallest absolute Gasteiger partial charge is 0.0596 e. The quantitative estimate of drug-likeness (QED) is 0.685. The molecule has 0 aliphatic carbocycles. The Hall–Kier alpha value is -0.870. The minimum atomic E-state index is 0.506. The molecule has 0 radical (unpaired) electrons. The van der Waals surface area contributed by atoms with Crippen LogP contribution < -0.4 is 5.32 Å². The molecule has 0 aliphatic heterocycles. The average Bonchev–Trinajstić information content (AvgIpc) is 2.73. The van der Waals surface area contributed by atoms with Gasteiger partial charge in [-0.15, -0.1) is 0 Å². The van der Waals surface area contributed by atoms with Gasteiger partial charge in [-0.3, -0.25) is 4.68 Å². The summed E-state index contributed by atoms with van der Waals surface area (Å²) in [7, 11) is 2.03. The van der Waals surface area contributed by atoms with Crippen molar-refractivity contribution in [1.82, 2.24) is 15.1 Å². The second-order valence-electron chi connectivity index (χ2n) is 4.62. The second kappa shape index (κ2) is 8.27. The minimum Gasteiger partial charge on any atom is -0.382 e. The van der Waals surface area contributed by atoms with Gasteiger partial charge in [-0.2, -0.15) is 5.10 Å². The van der Waals surface area contributed by atoms with Crippen molar-refractivity contribution in [2.75, 3.05) is 20.3 Å². The molecule has 0 aliphatic rings. The molecule has 0 fully saturated rings. The predicted octanol–water partition coefficient (Wildman–Crippen LogP) is 2.16. The molecule has 0 saturated heterocycles. The van der Waals surface area contributed by atoms with Crippen LogP contribution in [0, 0.1) is 6.92 Å². The normalized spacial score (nSPS) is 12.9. The Labute approximate surface area is 111 Å². The highest BCUT2D eigenvalue weighted by Crippen LogP contribution is 2.10. The van der Waals surface area contributed by atoms with Gasteiger partial charge in [0.2, 0.25) is 0 Å². The summed E-state index contributed by atoms with van der Waals surface area (Å²) in [5.74, 6) is 0. The highest BCUT2D eigenvalue weighted by atomic mass is 16.5. The van der Waals surface area contributed by atoms with E-state index < -0.39 is 0 Å². The van der Waals surface area contributed by atoms with Gasteiger partial charge >= 0.3 is 0 Å². The molecule has 1 unspecified atom stereocenters. The van der Waals surface area contributed by atoms with Gasteiger partial charge < -0.3 is 10.1 Å². The molecule has 0 saturated carbocycles. The lowest BCUT2D eigenvalue weighted by Crippen LogP contribution is -2.29. The van der Waals surface area contributed by atoms with Gasteiger partial charge in [-0.05, 0) is 46.7 Å². The summed E-state index contributed by atoms with van der Waals surface area (Å²) in [6.45, 7) is 8.85. The van der Waals surface area contributed by atoms with Gasteiger partial charge in [0.25, 0.3) is 0 Å². The van der Waals surface area contributed by atoms with Crippen molar-refractivity contribution in [2.24, 2.45) is 0 Å². The van der Waals surface area contributed by atoms with Gasteiger partial charge in [-0.1, -0.05) is 0 Å². The van der Waals surface area contributed by atoms with Crippen molar-refractivity contribution in [3.05, 3.63) is 17.5 Å².